The van der Waals surface area contributed by atoms with Crippen LogP contribution in [0, 0.1) is 0 Å². The van der Waals surface area contributed by atoms with Crippen molar-refractivity contribution in [3.8, 4) is 11.5 Å². The summed E-state index contributed by atoms with van der Waals surface area (Å²) in [5.41, 5.74) is 1.77. The number of carbonyl (C=O) groups is 1. The first kappa shape index (κ1) is 16.7. The van der Waals surface area contributed by atoms with Crippen LogP contribution in [-0.2, 0) is 11.3 Å². The molecule has 0 radical (unpaired) electrons. The van der Waals surface area contributed by atoms with Gasteiger partial charge in [0.2, 0.25) is 6.79 Å². The van der Waals surface area contributed by atoms with Crippen molar-refractivity contribution in [2.24, 2.45) is 0 Å². The van der Waals surface area contributed by atoms with E-state index in [2.05, 4.69) is 5.32 Å². The fourth-order valence-electron chi connectivity index (χ4n) is 3.24. The van der Waals surface area contributed by atoms with Gasteiger partial charge in [-0.05, 0) is 42.7 Å². The first-order chi connectivity index (χ1) is 12.8. The van der Waals surface area contributed by atoms with Crippen molar-refractivity contribution >= 4 is 11.7 Å². The Kier molecular flexibility index (Phi) is 4.93. The first-order valence-corrected chi connectivity index (χ1v) is 8.89. The lowest BCUT2D eigenvalue weighted by Crippen LogP contribution is -2.39. The van der Waals surface area contributed by atoms with Gasteiger partial charge in [0.1, 0.15) is 0 Å². The van der Waals surface area contributed by atoms with Crippen molar-refractivity contribution in [1.29, 1.82) is 0 Å². The third-order valence-electron chi connectivity index (χ3n) is 4.57. The largest absolute Gasteiger partial charge is 0.454 e. The van der Waals surface area contributed by atoms with Crippen LogP contribution in [-0.4, -0.2) is 37.0 Å². The molecule has 4 rings (SSSR count). The smallest absolute Gasteiger partial charge is 0.322 e. The molecule has 0 bridgehead atoms. The van der Waals surface area contributed by atoms with E-state index in [-0.39, 0.29) is 18.9 Å². The van der Waals surface area contributed by atoms with Crippen LogP contribution in [0.3, 0.4) is 0 Å². The summed E-state index contributed by atoms with van der Waals surface area (Å²) in [6.45, 7) is 2.05. The van der Waals surface area contributed by atoms with Crippen molar-refractivity contribution in [3.63, 3.8) is 0 Å². The highest BCUT2D eigenvalue weighted by Gasteiger charge is 2.24. The Balaban J connectivity index is 1.49. The normalized spacial score (nSPS) is 17.9. The van der Waals surface area contributed by atoms with Gasteiger partial charge in [0.25, 0.3) is 0 Å². The van der Waals surface area contributed by atoms with Crippen LogP contribution in [0.1, 0.15) is 18.4 Å². The molecular formula is C20H22N2O4. The fourth-order valence-corrected chi connectivity index (χ4v) is 3.24. The number of urea groups is 1. The second kappa shape index (κ2) is 7.66. The summed E-state index contributed by atoms with van der Waals surface area (Å²) in [5, 5.41) is 2.96. The maximum absolute atomic E-state index is 12.8. The number of amides is 2. The summed E-state index contributed by atoms with van der Waals surface area (Å²) >= 11 is 0. The zero-order chi connectivity index (χ0) is 17.8. The minimum atomic E-state index is -0.135. The SMILES string of the molecule is O=C(Nc1ccccc1)N(Cc1ccc2c(c1)OCO2)CC1CCCO1. The molecular weight excluding hydrogens is 332 g/mol. The van der Waals surface area contributed by atoms with Gasteiger partial charge in [0, 0.05) is 25.4 Å². The molecule has 2 aromatic carbocycles. The molecule has 1 fully saturated rings. The van der Waals surface area contributed by atoms with Crippen molar-refractivity contribution in [2.45, 2.75) is 25.5 Å². The van der Waals surface area contributed by atoms with Gasteiger partial charge < -0.3 is 24.4 Å². The topological polar surface area (TPSA) is 60.0 Å². The maximum atomic E-state index is 12.8. The highest BCUT2D eigenvalue weighted by atomic mass is 16.7. The van der Waals surface area contributed by atoms with E-state index in [1.165, 1.54) is 0 Å². The van der Waals surface area contributed by atoms with Gasteiger partial charge in [0.15, 0.2) is 11.5 Å². The second-order valence-electron chi connectivity index (χ2n) is 6.50. The van der Waals surface area contributed by atoms with E-state index in [0.29, 0.717) is 13.1 Å². The summed E-state index contributed by atoms with van der Waals surface area (Å²) in [4.78, 5) is 14.6. The molecule has 2 amide bonds. The van der Waals surface area contributed by atoms with Crippen molar-refractivity contribution in [1.82, 2.24) is 4.90 Å². The fraction of sp³-hybridized carbons (Fsp3) is 0.350. The molecule has 2 aliphatic rings. The highest BCUT2D eigenvalue weighted by Crippen LogP contribution is 2.33. The van der Waals surface area contributed by atoms with E-state index in [1.54, 1.807) is 4.90 Å². The van der Waals surface area contributed by atoms with Gasteiger partial charge in [-0.15, -0.1) is 0 Å². The van der Waals surface area contributed by atoms with Gasteiger partial charge in [-0.25, -0.2) is 4.79 Å². The summed E-state index contributed by atoms with van der Waals surface area (Å²) in [6.07, 6.45) is 2.12. The van der Waals surface area contributed by atoms with Crippen molar-refractivity contribution in [2.75, 3.05) is 25.3 Å². The number of fused-ring (bicyclic) bond motifs is 1. The van der Waals surface area contributed by atoms with E-state index in [0.717, 1.165) is 42.2 Å². The summed E-state index contributed by atoms with van der Waals surface area (Å²) < 4.78 is 16.5. The summed E-state index contributed by atoms with van der Waals surface area (Å²) in [6, 6.07) is 15.1. The lowest BCUT2D eigenvalue weighted by atomic mass is 10.1. The minimum absolute atomic E-state index is 0.0885. The van der Waals surface area contributed by atoms with E-state index < -0.39 is 0 Å². The molecule has 2 aromatic rings. The molecule has 0 aliphatic carbocycles. The van der Waals surface area contributed by atoms with Crippen LogP contribution < -0.4 is 14.8 Å². The molecule has 0 saturated carbocycles. The molecule has 1 atom stereocenters. The average Bonchev–Trinajstić information content (AvgIpc) is 3.33. The maximum Gasteiger partial charge on any atom is 0.322 e. The molecule has 2 heterocycles. The lowest BCUT2D eigenvalue weighted by Gasteiger charge is -2.26. The molecule has 2 aliphatic heterocycles. The van der Waals surface area contributed by atoms with E-state index in [4.69, 9.17) is 14.2 Å². The Labute approximate surface area is 152 Å². The third-order valence-corrected chi connectivity index (χ3v) is 4.57. The summed E-state index contributed by atoms with van der Waals surface area (Å²) in [5.74, 6) is 1.47. The second-order valence-corrected chi connectivity index (χ2v) is 6.50. The first-order valence-electron chi connectivity index (χ1n) is 8.89. The standard InChI is InChI=1S/C20H22N2O4/c23-20(21-16-5-2-1-3-6-16)22(13-17-7-4-10-24-17)12-15-8-9-18-19(11-15)26-14-25-18/h1-3,5-6,8-9,11,17H,4,7,10,12-14H2,(H,21,23). The molecule has 1 N–H and O–H groups in total. The van der Waals surface area contributed by atoms with Crippen molar-refractivity contribution in [3.05, 3.63) is 54.1 Å². The Morgan fingerprint density at radius 2 is 1.96 bits per heavy atom. The third kappa shape index (κ3) is 3.91. The predicted molar refractivity (Wildman–Crippen MR) is 97.4 cm³/mol. The molecule has 26 heavy (non-hydrogen) atoms. The monoisotopic (exact) mass is 354 g/mol. The quantitative estimate of drug-likeness (QED) is 0.891. The van der Waals surface area contributed by atoms with Crippen LogP contribution in [0.4, 0.5) is 10.5 Å². The Morgan fingerprint density at radius 1 is 1.12 bits per heavy atom. The number of benzene rings is 2. The van der Waals surface area contributed by atoms with Crippen LogP contribution in [0.5, 0.6) is 11.5 Å². The number of nitrogens with zero attached hydrogens (tertiary/aromatic N) is 1. The average molecular weight is 354 g/mol. The number of carbonyl (C=O) groups excluding carboxylic acids is 1. The molecule has 136 valence electrons. The van der Waals surface area contributed by atoms with E-state index >= 15 is 0 Å². The molecule has 6 heteroatoms. The van der Waals surface area contributed by atoms with Crippen LogP contribution in [0.2, 0.25) is 0 Å². The number of ether oxygens (including phenoxy) is 3. The van der Waals surface area contributed by atoms with E-state index in [9.17, 15) is 4.79 Å². The molecule has 0 aromatic heterocycles. The number of hydrogen-bond donors (Lipinski definition) is 1. The predicted octanol–water partition coefficient (Wildman–Crippen LogP) is 3.63. The van der Waals surface area contributed by atoms with Gasteiger partial charge in [-0.3, -0.25) is 0 Å². The molecule has 1 unspecified atom stereocenters. The van der Waals surface area contributed by atoms with E-state index in [1.807, 2.05) is 48.5 Å². The van der Waals surface area contributed by atoms with Crippen molar-refractivity contribution < 1.29 is 19.0 Å². The number of para-hydroxylation sites is 1. The Morgan fingerprint density at radius 3 is 2.77 bits per heavy atom. The van der Waals surface area contributed by atoms with Gasteiger partial charge in [0.05, 0.1) is 6.10 Å². The van der Waals surface area contributed by atoms with Crippen LogP contribution in [0.15, 0.2) is 48.5 Å². The van der Waals surface area contributed by atoms with Gasteiger partial charge in [-0.2, -0.15) is 0 Å². The zero-order valence-electron chi connectivity index (χ0n) is 14.5. The highest BCUT2D eigenvalue weighted by molar-refractivity contribution is 5.89. The lowest BCUT2D eigenvalue weighted by molar-refractivity contribution is 0.0819. The molecule has 0 spiro atoms. The Bertz CT molecular complexity index is 760. The number of anilines is 1. The van der Waals surface area contributed by atoms with Gasteiger partial charge in [-0.1, -0.05) is 24.3 Å². The molecule has 1 saturated heterocycles. The number of hydrogen-bond acceptors (Lipinski definition) is 4. The minimum Gasteiger partial charge on any atom is -0.454 e. The summed E-state index contributed by atoms with van der Waals surface area (Å²) in [7, 11) is 0. The van der Waals surface area contributed by atoms with Crippen LogP contribution in [0.25, 0.3) is 0 Å². The van der Waals surface area contributed by atoms with Gasteiger partial charge >= 0.3 is 6.03 Å². The molecule has 6 nitrogen and oxygen atoms in total. The van der Waals surface area contributed by atoms with Crippen LogP contribution >= 0.6 is 0 Å². The Hall–Kier alpha value is -2.73. The number of nitrogens with one attached hydrogen (secondary N) is 1. The zero-order valence-corrected chi connectivity index (χ0v) is 14.5. The number of rotatable bonds is 5.